The Kier molecular flexibility index (Phi) is 4.02. The van der Waals surface area contributed by atoms with Crippen LogP contribution in [0, 0.1) is 0 Å². The average Bonchev–Trinajstić information content (AvgIpc) is 2.37. The van der Waals surface area contributed by atoms with Crippen LogP contribution in [0.25, 0.3) is 5.82 Å². The van der Waals surface area contributed by atoms with Gasteiger partial charge < -0.3 is 0 Å². The van der Waals surface area contributed by atoms with E-state index in [1.54, 1.807) is 0 Å². The largest absolute Gasteiger partial charge is 0.433 e. The standard InChI is InChI=1S/C11H4BrF6N3O/c12-6-1-5(10(13,14)15)3-19-9(6)21-4-20-7(2-8(21)22)11(16,17)18/h1-4H. The topological polar surface area (TPSA) is 47.8 Å². The number of hydrogen-bond acceptors (Lipinski definition) is 3. The predicted molar refractivity (Wildman–Crippen MR) is 65.3 cm³/mol. The second-order valence-electron chi connectivity index (χ2n) is 4.01. The maximum absolute atomic E-state index is 12.5. The number of rotatable bonds is 1. The summed E-state index contributed by atoms with van der Waals surface area (Å²) in [5, 5.41) is 0. The highest BCUT2D eigenvalue weighted by Gasteiger charge is 2.34. The van der Waals surface area contributed by atoms with E-state index in [4.69, 9.17) is 0 Å². The lowest BCUT2D eigenvalue weighted by Gasteiger charge is -2.11. The molecule has 0 bridgehead atoms. The van der Waals surface area contributed by atoms with Crippen LogP contribution in [0.5, 0.6) is 0 Å². The normalized spacial score (nSPS) is 12.5. The molecule has 11 heteroatoms. The molecular formula is C11H4BrF6N3O. The van der Waals surface area contributed by atoms with Gasteiger partial charge in [-0.2, -0.15) is 26.3 Å². The van der Waals surface area contributed by atoms with E-state index in [-0.39, 0.29) is 16.4 Å². The number of alkyl halides is 6. The minimum atomic E-state index is -4.80. The second kappa shape index (κ2) is 5.38. The summed E-state index contributed by atoms with van der Waals surface area (Å²) >= 11 is 2.80. The van der Waals surface area contributed by atoms with Crippen LogP contribution in [-0.2, 0) is 12.4 Å². The maximum Gasteiger partial charge on any atom is 0.433 e. The highest BCUT2D eigenvalue weighted by molar-refractivity contribution is 9.10. The Hall–Kier alpha value is -1.91. The van der Waals surface area contributed by atoms with Gasteiger partial charge in [0.05, 0.1) is 10.0 Å². The first-order chi connectivity index (χ1) is 10.00. The lowest BCUT2D eigenvalue weighted by atomic mass is 10.3. The lowest BCUT2D eigenvalue weighted by molar-refractivity contribution is -0.141. The molecule has 0 saturated carbocycles. The van der Waals surface area contributed by atoms with Crippen molar-refractivity contribution in [1.29, 1.82) is 0 Å². The average molecular weight is 388 g/mol. The van der Waals surface area contributed by atoms with Gasteiger partial charge in [0.2, 0.25) is 0 Å². The van der Waals surface area contributed by atoms with Crippen molar-refractivity contribution in [2.45, 2.75) is 12.4 Å². The smallest absolute Gasteiger partial charge is 0.269 e. The fourth-order valence-electron chi connectivity index (χ4n) is 1.48. The monoisotopic (exact) mass is 387 g/mol. The molecule has 0 fully saturated rings. The molecule has 0 radical (unpaired) electrons. The molecule has 0 aromatic carbocycles. The molecule has 0 amide bonds. The van der Waals surface area contributed by atoms with E-state index in [9.17, 15) is 31.1 Å². The molecule has 22 heavy (non-hydrogen) atoms. The number of hydrogen-bond donors (Lipinski definition) is 0. The first-order valence-electron chi connectivity index (χ1n) is 5.39. The van der Waals surface area contributed by atoms with Crippen molar-refractivity contribution >= 4 is 15.9 Å². The molecule has 0 atom stereocenters. The molecule has 2 rings (SSSR count). The quantitative estimate of drug-likeness (QED) is 0.704. The van der Waals surface area contributed by atoms with Crippen molar-refractivity contribution in [3.63, 3.8) is 0 Å². The van der Waals surface area contributed by atoms with Crippen LogP contribution in [0.1, 0.15) is 11.3 Å². The molecule has 0 saturated heterocycles. The highest BCUT2D eigenvalue weighted by atomic mass is 79.9. The van der Waals surface area contributed by atoms with Crippen molar-refractivity contribution in [1.82, 2.24) is 14.5 Å². The third kappa shape index (κ3) is 3.29. The molecule has 2 heterocycles. The number of nitrogens with zero attached hydrogens (tertiary/aromatic N) is 3. The maximum atomic E-state index is 12.5. The van der Waals surface area contributed by atoms with E-state index in [2.05, 4.69) is 25.9 Å². The summed E-state index contributed by atoms with van der Waals surface area (Å²) in [4.78, 5) is 18.2. The number of pyridine rings is 1. The zero-order valence-electron chi connectivity index (χ0n) is 10.2. The Morgan fingerprint density at radius 1 is 1.00 bits per heavy atom. The van der Waals surface area contributed by atoms with Gasteiger partial charge in [-0.15, -0.1) is 0 Å². The SMILES string of the molecule is O=c1cc(C(F)(F)F)ncn1-c1ncc(C(F)(F)F)cc1Br. The first-order valence-corrected chi connectivity index (χ1v) is 6.18. The summed E-state index contributed by atoms with van der Waals surface area (Å²) in [7, 11) is 0. The fourth-order valence-corrected chi connectivity index (χ4v) is 2.02. The fraction of sp³-hybridized carbons (Fsp3) is 0.182. The summed E-state index contributed by atoms with van der Waals surface area (Å²) in [5.74, 6) is -0.306. The molecule has 118 valence electrons. The van der Waals surface area contributed by atoms with Crippen molar-refractivity contribution in [3.05, 3.63) is 50.7 Å². The molecule has 0 aliphatic rings. The third-order valence-electron chi connectivity index (χ3n) is 2.48. The van der Waals surface area contributed by atoms with Crippen molar-refractivity contribution < 1.29 is 26.3 Å². The van der Waals surface area contributed by atoms with Gasteiger partial charge in [-0.1, -0.05) is 0 Å². The van der Waals surface area contributed by atoms with E-state index in [0.717, 1.165) is 0 Å². The van der Waals surface area contributed by atoms with Gasteiger partial charge in [0.25, 0.3) is 5.56 Å². The first kappa shape index (κ1) is 16.5. The van der Waals surface area contributed by atoms with Crippen LogP contribution in [0.2, 0.25) is 0 Å². The van der Waals surface area contributed by atoms with E-state index in [1.165, 1.54) is 0 Å². The second-order valence-corrected chi connectivity index (χ2v) is 4.86. The molecule has 2 aromatic heterocycles. The van der Waals surface area contributed by atoms with Gasteiger partial charge in [0.1, 0.15) is 6.33 Å². The molecular weight excluding hydrogens is 384 g/mol. The Bertz CT molecular complexity index is 768. The third-order valence-corrected chi connectivity index (χ3v) is 3.06. The zero-order valence-corrected chi connectivity index (χ0v) is 11.8. The van der Waals surface area contributed by atoms with Gasteiger partial charge in [0, 0.05) is 12.3 Å². The van der Waals surface area contributed by atoms with Crippen LogP contribution in [0.15, 0.2) is 33.9 Å². The predicted octanol–water partition coefficient (Wildman–Crippen LogP) is 3.43. The Balaban J connectivity index is 2.52. The summed E-state index contributed by atoms with van der Waals surface area (Å²) in [6.07, 6.45) is -8.43. The molecule has 0 unspecified atom stereocenters. The van der Waals surface area contributed by atoms with Gasteiger partial charge in [0.15, 0.2) is 11.5 Å². The summed E-state index contributed by atoms with van der Waals surface area (Å²) in [6, 6.07) is 0.887. The van der Waals surface area contributed by atoms with Crippen LogP contribution >= 0.6 is 15.9 Å². The highest BCUT2D eigenvalue weighted by Crippen LogP contribution is 2.32. The van der Waals surface area contributed by atoms with Crippen LogP contribution in [0.4, 0.5) is 26.3 Å². The molecule has 0 spiro atoms. The van der Waals surface area contributed by atoms with Crippen molar-refractivity contribution in [2.75, 3.05) is 0 Å². The Labute approximate surface area is 126 Å². The zero-order chi connectivity index (χ0) is 16.7. The van der Waals surface area contributed by atoms with E-state index in [1.807, 2.05) is 0 Å². The molecule has 0 aliphatic heterocycles. The summed E-state index contributed by atoms with van der Waals surface area (Å²) in [5.41, 5.74) is -3.61. The Morgan fingerprint density at radius 2 is 1.64 bits per heavy atom. The van der Waals surface area contributed by atoms with Gasteiger partial charge in [-0.05, 0) is 22.0 Å². The van der Waals surface area contributed by atoms with Crippen molar-refractivity contribution in [3.8, 4) is 5.82 Å². The minimum Gasteiger partial charge on any atom is -0.269 e. The van der Waals surface area contributed by atoms with Gasteiger partial charge in [-0.25, -0.2) is 14.5 Å². The van der Waals surface area contributed by atoms with Crippen molar-refractivity contribution in [2.24, 2.45) is 0 Å². The minimum absolute atomic E-state index is 0.217. The van der Waals surface area contributed by atoms with Gasteiger partial charge in [-0.3, -0.25) is 4.79 Å². The number of halogens is 7. The van der Waals surface area contributed by atoms with Crippen LogP contribution in [-0.4, -0.2) is 14.5 Å². The molecule has 0 N–H and O–H groups in total. The molecule has 4 nitrogen and oxygen atoms in total. The molecule has 2 aromatic rings. The Morgan fingerprint density at radius 3 is 2.09 bits per heavy atom. The van der Waals surface area contributed by atoms with Gasteiger partial charge >= 0.3 is 12.4 Å². The lowest BCUT2D eigenvalue weighted by Crippen LogP contribution is -2.23. The van der Waals surface area contributed by atoms with E-state index in [0.29, 0.717) is 23.2 Å². The molecule has 0 aliphatic carbocycles. The van der Waals surface area contributed by atoms with E-state index >= 15 is 0 Å². The summed E-state index contributed by atoms with van der Waals surface area (Å²) < 4.78 is 75.1. The van der Waals surface area contributed by atoms with Crippen LogP contribution < -0.4 is 5.56 Å². The van der Waals surface area contributed by atoms with E-state index < -0.39 is 29.2 Å². The van der Waals surface area contributed by atoms with Crippen LogP contribution in [0.3, 0.4) is 0 Å². The summed E-state index contributed by atoms with van der Waals surface area (Å²) in [6.45, 7) is 0. The number of aromatic nitrogens is 3.